The highest BCUT2D eigenvalue weighted by atomic mass is 19.1. The van der Waals surface area contributed by atoms with Crippen molar-refractivity contribution >= 4 is 17.4 Å². The van der Waals surface area contributed by atoms with Crippen molar-refractivity contribution in [2.75, 3.05) is 24.3 Å². The van der Waals surface area contributed by atoms with Crippen LogP contribution in [0.15, 0.2) is 54.7 Å². The molecule has 2 aromatic carbocycles. The summed E-state index contributed by atoms with van der Waals surface area (Å²) < 4.78 is 15.3. The first kappa shape index (κ1) is 18.6. The predicted octanol–water partition coefficient (Wildman–Crippen LogP) is 3.63. The second kappa shape index (κ2) is 8.03. The molecule has 0 fully saturated rings. The van der Waals surface area contributed by atoms with Gasteiger partial charge in [-0.15, -0.1) is 0 Å². The zero-order valence-corrected chi connectivity index (χ0v) is 15.7. The van der Waals surface area contributed by atoms with E-state index >= 15 is 0 Å². The van der Waals surface area contributed by atoms with Crippen molar-refractivity contribution in [1.82, 2.24) is 9.78 Å². The maximum absolute atomic E-state index is 13.6. The van der Waals surface area contributed by atoms with Gasteiger partial charge in [-0.3, -0.25) is 9.48 Å². The molecule has 6 heteroatoms. The molecule has 0 aliphatic carbocycles. The predicted molar refractivity (Wildman–Crippen MR) is 106 cm³/mol. The maximum Gasteiger partial charge on any atom is 0.229 e. The molecular weight excluding hydrogens is 343 g/mol. The molecule has 0 radical (unpaired) electrons. The first-order chi connectivity index (χ1) is 12.9. The summed E-state index contributed by atoms with van der Waals surface area (Å²) in [5.41, 5.74) is 3.46. The minimum Gasteiger partial charge on any atom is -0.378 e. The summed E-state index contributed by atoms with van der Waals surface area (Å²) in [6.07, 6.45) is 2.04. The molecule has 3 rings (SSSR count). The monoisotopic (exact) mass is 366 g/mol. The van der Waals surface area contributed by atoms with E-state index in [0.717, 1.165) is 16.8 Å². The highest BCUT2D eigenvalue weighted by Crippen LogP contribution is 2.14. The molecule has 5 nitrogen and oxygen atoms in total. The van der Waals surface area contributed by atoms with Crippen molar-refractivity contribution in [2.45, 2.75) is 19.9 Å². The second-order valence-corrected chi connectivity index (χ2v) is 6.77. The second-order valence-electron chi connectivity index (χ2n) is 6.77. The molecule has 0 aliphatic heterocycles. The van der Waals surface area contributed by atoms with Crippen LogP contribution in [0.3, 0.4) is 0 Å². The van der Waals surface area contributed by atoms with E-state index in [0.29, 0.717) is 17.9 Å². The molecule has 3 aromatic rings. The lowest BCUT2D eigenvalue weighted by atomic mass is 10.1. The van der Waals surface area contributed by atoms with Crippen LogP contribution in [0.25, 0.3) is 0 Å². The number of aromatic nitrogens is 2. The van der Waals surface area contributed by atoms with Gasteiger partial charge in [0.25, 0.3) is 0 Å². The number of nitrogens with one attached hydrogen (secondary N) is 1. The number of amides is 1. The lowest BCUT2D eigenvalue weighted by Gasteiger charge is -2.12. The van der Waals surface area contributed by atoms with Crippen LogP contribution >= 0.6 is 0 Å². The molecule has 1 heterocycles. The van der Waals surface area contributed by atoms with E-state index in [9.17, 15) is 9.18 Å². The SMILES string of the molecule is Cc1ccc(Cn2ccc(NC(=O)Cc3ccc(N(C)C)cc3)n2)cc1F. The molecule has 0 saturated heterocycles. The summed E-state index contributed by atoms with van der Waals surface area (Å²) in [5, 5.41) is 7.13. The molecule has 1 aromatic heterocycles. The molecule has 1 N–H and O–H groups in total. The van der Waals surface area contributed by atoms with Gasteiger partial charge < -0.3 is 10.2 Å². The van der Waals surface area contributed by atoms with Crippen LogP contribution in [-0.4, -0.2) is 29.8 Å². The lowest BCUT2D eigenvalue weighted by molar-refractivity contribution is -0.115. The number of aryl methyl sites for hydroxylation is 1. The Hall–Kier alpha value is -3.15. The Bertz CT molecular complexity index is 932. The summed E-state index contributed by atoms with van der Waals surface area (Å²) >= 11 is 0. The number of halogens is 1. The van der Waals surface area contributed by atoms with E-state index in [1.807, 2.05) is 49.3 Å². The van der Waals surface area contributed by atoms with E-state index < -0.39 is 0 Å². The number of anilines is 2. The van der Waals surface area contributed by atoms with Gasteiger partial charge in [0.1, 0.15) is 5.82 Å². The van der Waals surface area contributed by atoms with Crippen LogP contribution in [0, 0.1) is 12.7 Å². The first-order valence-electron chi connectivity index (χ1n) is 8.75. The van der Waals surface area contributed by atoms with Gasteiger partial charge in [0.05, 0.1) is 13.0 Å². The molecule has 0 unspecified atom stereocenters. The lowest BCUT2D eigenvalue weighted by Crippen LogP contribution is -2.15. The van der Waals surface area contributed by atoms with Crippen molar-refractivity contribution < 1.29 is 9.18 Å². The molecule has 0 atom stereocenters. The van der Waals surface area contributed by atoms with Crippen LogP contribution in [0.5, 0.6) is 0 Å². The topological polar surface area (TPSA) is 50.2 Å². The fourth-order valence-electron chi connectivity index (χ4n) is 2.72. The summed E-state index contributed by atoms with van der Waals surface area (Å²) in [7, 11) is 3.95. The van der Waals surface area contributed by atoms with Crippen molar-refractivity contribution in [1.29, 1.82) is 0 Å². The zero-order chi connectivity index (χ0) is 19.4. The van der Waals surface area contributed by atoms with Gasteiger partial charge in [-0.05, 0) is 41.8 Å². The summed E-state index contributed by atoms with van der Waals surface area (Å²) in [4.78, 5) is 14.2. The van der Waals surface area contributed by atoms with Gasteiger partial charge in [0.15, 0.2) is 5.82 Å². The molecule has 0 aliphatic rings. The summed E-state index contributed by atoms with van der Waals surface area (Å²) in [6, 6.07) is 14.7. The Morgan fingerprint density at radius 1 is 1.11 bits per heavy atom. The average Bonchev–Trinajstić information content (AvgIpc) is 3.05. The molecule has 27 heavy (non-hydrogen) atoms. The molecule has 0 saturated carbocycles. The van der Waals surface area contributed by atoms with Crippen molar-refractivity contribution in [2.24, 2.45) is 0 Å². The summed E-state index contributed by atoms with van der Waals surface area (Å²) in [5.74, 6) is 0.130. The third kappa shape index (κ3) is 4.94. The van der Waals surface area contributed by atoms with Crippen LogP contribution in [0.1, 0.15) is 16.7 Å². The summed E-state index contributed by atoms with van der Waals surface area (Å²) in [6.45, 7) is 2.17. The molecule has 0 bridgehead atoms. The zero-order valence-electron chi connectivity index (χ0n) is 15.7. The molecule has 1 amide bonds. The normalized spacial score (nSPS) is 10.7. The quantitative estimate of drug-likeness (QED) is 0.725. The van der Waals surface area contributed by atoms with Crippen molar-refractivity contribution in [3.05, 3.63) is 77.2 Å². The highest BCUT2D eigenvalue weighted by molar-refractivity contribution is 5.91. The van der Waals surface area contributed by atoms with Gasteiger partial charge >= 0.3 is 0 Å². The van der Waals surface area contributed by atoms with Crippen LogP contribution < -0.4 is 10.2 Å². The standard InChI is InChI=1S/C21H23FN4O/c1-15-4-5-17(12-19(15)22)14-26-11-10-20(24-26)23-21(27)13-16-6-8-18(9-7-16)25(2)3/h4-12H,13-14H2,1-3H3,(H,23,24,27). The third-order valence-corrected chi connectivity index (χ3v) is 4.31. The Labute approximate surface area is 158 Å². The Morgan fingerprint density at radius 2 is 1.81 bits per heavy atom. The van der Waals surface area contributed by atoms with Gasteiger partial charge in [0, 0.05) is 32.0 Å². The third-order valence-electron chi connectivity index (χ3n) is 4.31. The molecule has 140 valence electrons. The smallest absolute Gasteiger partial charge is 0.229 e. The van der Waals surface area contributed by atoms with E-state index in [2.05, 4.69) is 10.4 Å². The van der Waals surface area contributed by atoms with E-state index in [-0.39, 0.29) is 18.1 Å². The first-order valence-corrected chi connectivity index (χ1v) is 8.75. The van der Waals surface area contributed by atoms with Crippen LogP contribution in [0.2, 0.25) is 0 Å². The highest BCUT2D eigenvalue weighted by Gasteiger charge is 2.08. The maximum atomic E-state index is 13.6. The Kier molecular flexibility index (Phi) is 5.54. The van der Waals surface area contributed by atoms with Gasteiger partial charge in [0.2, 0.25) is 5.91 Å². The number of benzene rings is 2. The molecular formula is C21H23FN4O. The number of carbonyl (C=O) groups is 1. The van der Waals surface area contributed by atoms with E-state index in [1.54, 1.807) is 29.9 Å². The Balaban J connectivity index is 1.58. The number of rotatable bonds is 6. The van der Waals surface area contributed by atoms with Gasteiger partial charge in [-0.1, -0.05) is 24.3 Å². The van der Waals surface area contributed by atoms with Crippen LogP contribution in [-0.2, 0) is 17.8 Å². The largest absolute Gasteiger partial charge is 0.378 e. The number of hydrogen-bond donors (Lipinski definition) is 1. The van der Waals surface area contributed by atoms with Crippen molar-refractivity contribution in [3.8, 4) is 0 Å². The fourth-order valence-corrected chi connectivity index (χ4v) is 2.72. The average molecular weight is 366 g/mol. The Morgan fingerprint density at radius 3 is 2.48 bits per heavy atom. The number of nitrogens with zero attached hydrogens (tertiary/aromatic N) is 3. The molecule has 0 spiro atoms. The minimum absolute atomic E-state index is 0.126. The van der Waals surface area contributed by atoms with Crippen LogP contribution in [0.4, 0.5) is 15.9 Å². The number of hydrogen-bond acceptors (Lipinski definition) is 3. The number of carbonyl (C=O) groups excluding carboxylic acids is 1. The van der Waals surface area contributed by atoms with E-state index in [1.165, 1.54) is 6.07 Å². The van der Waals surface area contributed by atoms with Crippen molar-refractivity contribution in [3.63, 3.8) is 0 Å². The van der Waals surface area contributed by atoms with Gasteiger partial charge in [-0.25, -0.2) is 4.39 Å². The van der Waals surface area contributed by atoms with E-state index in [4.69, 9.17) is 0 Å². The minimum atomic E-state index is -0.228. The fraction of sp³-hybridized carbons (Fsp3) is 0.238. The van der Waals surface area contributed by atoms with Gasteiger partial charge in [-0.2, -0.15) is 5.10 Å².